The molecule has 0 unspecified atom stereocenters. The number of rotatable bonds is 4. The zero-order valence-corrected chi connectivity index (χ0v) is 14.6. The minimum Gasteiger partial charge on any atom is -0.486 e. The van der Waals surface area contributed by atoms with Crippen LogP contribution in [0.4, 0.5) is 10.5 Å². The molecule has 0 aliphatic carbocycles. The summed E-state index contributed by atoms with van der Waals surface area (Å²) in [5, 5.41) is 3.63. The fraction of sp³-hybridized carbons (Fsp3) is 0.222. The number of methoxy groups -OCH3 is 1. The first-order valence-corrected chi connectivity index (χ1v) is 8.32. The molecule has 24 heavy (non-hydrogen) atoms. The molecule has 6 heteroatoms. The second kappa shape index (κ2) is 6.88. The fourth-order valence-electron chi connectivity index (χ4n) is 2.37. The number of thiazole rings is 1. The highest BCUT2D eigenvalue weighted by atomic mass is 32.1. The summed E-state index contributed by atoms with van der Waals surface area (Å²) in [6.45, 7) is 4.32. The third kappa shape index (κ3) is 3.33. The maximum absolute atomic E-state index is 11.4. The van der Waals surface area contributed by atoms with Crippen LogP contribution >= 0.6 is 11.3 Å². The Morgan fingerprint density at radius 2 is 1.96 bits per heavy atom. The maximum Gasteiger partial charge on any atom is 0.411 e. The quantitative estimate of drug-likeness (QED) is 0.748. The summed E-state index contributed by atoms with van der Waals surface area (Å²) in [5.74, 6) is 0.780. The molecule has 0 fully saturated rings. The van der Waals surface area contributed by atoms with E-state index in [0.29, 0.717) is 12.3 Å². The second-order valence-electron chi connectivity index (χ2n) is 5.34. The Labute approximate surface area is 144 Å². The van der Waals surface area contributed by atoms with Gasteiger partial charge in [0.2, 0.25) is 0 Å². The Morgan fingerprint density at radius 3 is 2.71 bits per heavy atom. The van der Waals surface area contributed by atoms with Crippen LogP contribution in [-0.4, -0.2) is 18.2 Å². The van der Waals surface area contributed by atoms with Crippen molar-refractivity contribution in [2.24, 2.45) is 0 Å². The van der Waals surface area contributed by atoms with Gasteiger partial charge >= 0.3 is 6.09 Å². The highest BCUT2D eigenvalue weighted by molar-refractivity contribution is 7.18. The third-order valence-corrected chi connectivity index (χ3v) is 4.86. The molecule has 0 saturated heterocycles. The van der Waals surface area contributed by atoms with E-state index in [0.717, 1.165) is 32.1 Å². The second-order valence-corrected chi connectivity index (χ2v) is 6.46. The molecule has 0 spiro atoms. The van der Waals surface area contributed by atoms with E-state index >= 15 is 0 Å². The highest BCUT2D eigenvalue weighted by Gasteiger charge is 2.11. The number of hydrogen-bond donors (Lipinski definition) is 1. The fourth-order valence-corrected chi connectivity index (χ4v) is 3.25. The van der Waals surface area contributed by atoms with Crippen molar-refractivity contribution >= 4 is 33.3 Å². The van der Waals surface area contributed by atoms with Crippen molar-refractivity contribution in [2.45, 2.75) is 20.5 Å². The van der Waals surface area contributed by atoms with Gasteiger partial charge in [-0.15, -0.1) is 11.3 Å². The minimum atomic E-state index is -0.486. The largest absolute Gasteiger partial charge is 0.486 e. The van der Waals surface area contributed by atoms with Crippen LogP contribution in [0.1, 0.15) is 16.1 Å². The first-order valence-electron chi connectivity index (χ1n) is 7.51. The monoisotopic (exact) mass is 342 g/mol. The van der Waals surface area contributed by atoms with Crippen molar-refractivity contribution in [1.82, 2.24) is 4.98 Å². The molecule has 3 aromatic rings. The van der Waals surface area contributed by atoms with Gasteiger partial charge in [0, 0.05) is 5.69 Å². The Balaban J connectivity index is 1.75. The van der Waals surface area contributed by atoms with Gasteiger partial charge in [0.25, 0.3) is 0 Å². The number of para-hydroxylation sites is 1. The van der Waals surface area contributed by atoms with E-state index in [4.69, 9.17) is 4.74 Å². The zero-order chi connectivity index (χ0) is 17.1. The van der Waals surface area contributed by atoms with Gasteiger partial charge in [-0.2, -0.15) is 0 Å². The van der Waals surface area contributed by atoms with Gasteiger partial charge in [0.05, 0.1) is 17.3 Å². The number of amides is 1. The van der Waals surface area contributed by atoms with E-state index < -0.39 is 6.09 Å². The summed E-state index contributed by atoms with van der Waals surface area (Å²) in [5.41, 5.74) is 3.63. The molecule has 1 heterocycles. The number of carbonyl (C=O) groups excluding carboxylic acids is 1. The molecule has 0 bridgehead atoms. The number of carbonyl (C=O) groups is 1. The van der Waals surface area contributed by atoms with Gasteiger partial charge < -0.3 is 9.47 Å². The molecule has 124 valence electrons. The molecule has 2 aromatic carbocycles. The van der Waals surface area contributed by atoms with E-state index in [1.807, 2.05) is 44.2 Å². The van der Waals surface area contributed by atoms with E-state index in [2.05, 4.69) is 21.1 Å². The summed E-state index contributed by atoms with van der Waals surface area (Å²) in [6.07, 6.45) is -0.486. The number of anilines is 1. The molecular weight excluding hydrogens is 324 g/mol. The molecule has 0 aliphatic heterocycles. The molecular formula is C18H18N2O3S. The molecule has 0 aliphatic rings. The number of hydrogen-bond acceptors (Lipinski definition) is 5. The first-order chi connectivity index (χ1) is 11.6. The molecule has 1 aromatic heterocycles. The van der Waals surface area contributed by atoms with Gasteiger partial charge in [0.15, 0.2) is 0 Å². The van der Waals surface area contributed by atoms with Crippen molar-refractivity contribution < 1.29 is 14.3 Å². The van der Waals surface area contributed by atoms with Crippen LogP contribution in [0, 0.1) is 13.8 Å². The first kappa shape index (κ1) is 16.3. The van der Waals surface area contributed by atoms with Crippen LogP contribution in [0.15, 0.2) is 36.4 Å². The van der Waals surface area contributed by atoms with E-state index in [1.54, 1.807) is 11.3 Å². The maximum atomic E-state index is 11.4. The topological polar surface area (TPSA) is 60.5 Å². The lowest BCUT2D eigenvalue weighted by Gasteiger charge is -2.14. The van der Waals surface area contributed by atoms with Gasteiger partial charge in [-0.3, -0.25) is 5.32 Å². The lowest BCUT2D eigenvalue weighted by Crippen LogP contribution is -2.12. The van der Waals surface area contributed by atoms with Crippen molar-refractivity contribution in [3.05, 3.63) is 52.5 Å². The minimum absolute atomic E-state index is 0.420. The molecule has 0 saturated carbocycles. The highest BCUT2D eigenvalue weighted by Crippen LogP contribution is 2.29. The van der Waals surface area contributed by atoms with Crippen LogP contribution in [0.25, 0.3) is 10.2 Å². The number of aromatic nitrogens is 1. The summed E-state index contributed by atoms with van der Waals surface area (Å²) in [6, 6.07) is 11.7. The van der Waals surface area contributed by atoms with Crippen molar-refractivity contribution in [2.75, 3.05) is 12.4 Å². The molecule has 3 rings (SSSR count). The van der Waals surface area contributed by atoms with E-state index in [9.17, 15) is 4.79 Å². The zero-order valence-electron chi connectivity index (χ0n) is 13.8. The van der Waals surface area contributed by atoms with Crippen LogP contribution in [0.5, 0.6) is 5.75 Å². The summed E-state index contributed by atoms with van der Waals surface area (Å²) >= 11 is 1.63. The average Bonchev–Trinajstić information content (AvgIpc) is 3.01. The summed E-state index contributed by atoms with van der Waals surface area (Å²) in [4.78, 5) is 15.9. The third-order valence-electron chi connectivity index (χ3n) is 3.85. The Bertz CT molecular complexity index is 856. The lowest BCUT2D eigenvalue weighted by molar-refractivity contribution is 0.187. The Kier molecular flexibility index (Phi) is 4.66. The van der Waals surface area contributed by atoms with Crippen molar-refractivity contribution in [1.29, 1.82) is 0 Å². The number of fused-ring (bicyclic) bond motifs is 1. The molecule has 0 radical (unpaired) electrons. The number of nitrogens with one attached hydrogen (secondary N) is 1. The number of ether oxygens (including phenoxy) is 2. The predicted octanol–water partition coefficient (Wildman–Crippen LogP) is 4.67. The van der Waals surface area contributed by atoms with Crippen LogP contribution in [0.3, 0.4) is 0 Å². The lowest BCUT2D eigenvalue weighted by atomic mass is 10.1. The molecule has 5 nitrogen and oxygen atoms in total. The van der Waals surface area contributed by atoms with E-state index in [1.165, 1.54) is 7.11 Å². The standard InChI is InChI=1S/C18H18N2O3S/c1-11-12(2)15(9-8-13(11)20-18(21)22-3)23-10-17-19-14-6-4-5-7-16(14)24-17/h4-9H,10H2,1-3H3,(H,20,21). The Morgan fingerprint density at radius 1 is 1.17 bits per heavy atom. The smallest absolute Gasteiger partial charge is 0.411 e. The van der Waals surface area contributed by atoms with Crippen LogP contribution in [-0.2, 0) is 11.3 Å². The summed E-state index contributed by atoms with van der Waals surface area (Å²) < 4.78 is 11.7. The van der Waals surface area contributed by atoms with Gasteiger partial charge in [-0.1, -0.05) is 12.1 Å². The van der Waals surface area contributed by atoms with Crippen molar-refractivity contribution in [3.8, 4) is 5.75 Å². The van der Waals surface area contributed by atoms with Crippen LogP contribution in [0.2, 0.25) is 0 Å². The predicted molar refractivity (Wildman–Crippen MR) is 95.9 cm³/mol. The van der Waals surface area contributed by atoms with Crippen molar-refractivity contribution in [3.63, 3.8) is 0 Å². The van der Waals surface area contributed by atoms with Crippen LogP contribution < -0.4 is 10.1 Å². The number of nitrogens with zero attached hydrogens (tertiary/aromatic N) is 1. The molecule has 0 atom stereocenters. The summed E-state index contributed by atoms with van der Waals surface area (Å²) in [7, 11) is 1.34. The van der Waals surface area contributed by atoms with Gasteiger partial charge in [-0.25, -0.2) is 9.78 Å². The normalized spacial score (nSPS) is 10.6. The van der Waals surface area contributed by atoms with Gasteiger partial charge in [-0.05, 0) is 49.2 Å². The molecule has 1 amide bonds. The SMILES string of the molecule is COC(=O)Nc1ccc(OCc2nc3ccccc3s2)c(C)c1C. The average molecular weight is 342 g/mol. The Hall–Kier alpha value is -2.60. The number of benzene rings is 2. The van der Waals surface area contributed by atoms with Gasteiger partial charge in [0.1, 0.15) is 17.4 Å². The van der Waals surface area contributed by atoms with E-state index in [-0.39, 0.29) is 0 Å². The molecule has 1 N–H and O–H groups in total.